The highest BCUT2D eigenvalue weighted by atomic mass is 16.5. The molecule has 2 aliphatic heterocycles. The number of hydrogen-bond acceptors (Lipinski definition) is 4. The molecule has 132 valence electrons. The number of hydrogen-bond donors (Lipinski definition) is 2. The molecule has 1 aromatic heterocycles. The Morgan fingerprint density at radius 1 is 1.32 bits per heavy atom. The molecule has 0 radical (unpaired) electrons. The molecule has 1 saturated heterocycles. The van der Waals surface area contributed by atoms with Crippen LogP contribution in [-0.2, 0) is 7.05 Å². The second-order valence-electron chi connectivity index (χ2n) is 6.87. The number of aliphatic hydroxyl groups excluding tert-OH is 1. The van der Waals surface area contributed by atoms with Gasteiger partial charge in [0.25, 0.3) is 5.91 Å². The van der Waals surface area contributed by atoms with Crippen molar-refractivity contribution in [3.8, 4) is 5.75 Å². The van der Waals surface area contributed by atoms with Gasteiger partial charge in [-0.1, -0.05) is 18.2 Å². The van der Waals surface area contributed by atoms with Crippen molar-refractivity contribution in [3.63, 3.8) is 0 Å². The predicted octanol–water partition coefficient (Wildman–Crippen LogP) is 1.20. The fourth-order valence-corrected chi connectivity index (χ4v) is 3.81. The van der Waals surface area contributed by atoms with E-state index in [0.29, 0.717) is 38.0 Å². The van der Waals surface area contributed by atoms with E-state index in [0.717, 1.165) is 11.3 Å². The van der Waals surface area contributed by atoms with Gasteiger partial charge in [0.15, 0.2) is 0 Å². The zero-order valence-electron chi connectivity index (χ0n) is 14.1. The molecule has 4 rings (SSSR count). The van der Waals surface area contributed by atoms with Crippen LogP contribution in [0.25, 0.3) is 0 Å². The Balaban J connectivity index is 1.49. The number of nitrogens with zero attached hydrogens (tertiary/aromatic N) is 2. The molecular weight excluding hydrogens is 322 g/mol. The second kappa shape index (κ2) is 5.77. The number of likely N-dealkylation sites (tertiary alicyclic amines) is 1. The molecule has 3 heterocycles. The number of imidazole rings is 1. The number of aromatic nitrogens is 2. The molecule has 0 aliphatic carbocycles. The first-order chi connectivity index (χ1) is 12.0. The summed E-state index contributed by atoms with van der Waals surface area (Å²) in [5, 5.41) is 10.5. The molecule has 2 aromatic rings. The third-order valence-electron chi connectivity index (χ3n) is 5.35. The van der Waals surface area contributed by atoms with Crippen molar-refractivity contribution < 1.29 is 14.6 Å². The van der Waals surface area contributed by atoms with Gasteiger partial charge < -0.3 is 19.7 Å². The van der Waals surface area contributed by atoms with Gasteiger partial charge in [-0.25, -0.2) is 4.79 Å². The van der Waals surface area contributed by atoms with Crippen molar-refractivity contribution in [3.05, 3.63) is 52.2 Å². The number of rotatable bonds is 1. The summed E-state index contributed by atoms with van der Waals surface area (Å²) < 4.78 is 7.56. The second-order valence-corrected chi connectivity index (χ2v) is 6.87. The van der Waals surface area contributed by atoms with Crippen molar-refractivity contribution >= 4 is 5.91 Å². The maximum Gasteiger partial charge on any atom is 0.325 e. The molecule has 2 N–H and O–H groups in total. The van der Waals surface area contributed by atoms with Crippen LogP contribution in [0, 0.1) is 0 Å². The SMILES string of the molecule is Cn1c(C(=O)N2CCC3(CC2)CC(O)c2ccccc2O3)c[nH]c1=O. The maximum atomic E-state index is 12.6. The molecule has 0 saturated carbocycles. The molecule has 7 nitrogen and oxygen atoms in total. The number of nitrogens with one attached hydrogen (secondary N) is 1. The van der Waals surface area contributed by atoms with E-state index in [1.165, 1.54) is 10.8 Å². The van der Waals surface area contributed by atoms with E-state index in [9.17, 15) is 14.7 Å². The van der Waals surface area contributed by atoms with Gasteiger partial charge in [-0.05, 0) is 6.07 Å². The number of carbonyl (C=O) groups is 1. The normalized spacial score (nSPS) is 21.7. The number of piperidine rings is 1. The molecular formula is C18H21N3O4. The van der Waals surface area contributed by atoms with Crippen LogP contribution in [0.4, 0.5) is 0 Å². The van der Waals surface area contributed by atoms with Gasteiger partial charge in [0, 0.05) is 51.2 Å². The molecule has 1 unspecified atom stereocenters. The fourth-order valence-electron chi connectivity index (χ4n) is 3.81. The van der Waals surface area contributed by atoms with Crippen LogP contribution in [0.2, 0.25) is 0 Å². The highest BCUT2D eigenvalue weighted by Gasteiger charge is 2.43. The van der Waals surface area contributed by atoms with Crippen molar-refractivity contribution in [2.45, 2.75) is 31.0 Å². The number of amides is 1. The highest BCUT2D eigenvalue weighted by Crippen LogP contribution is 2.44. The summed E-state index contributed by atoms with van der Waals surface area (Å²) in [6.45, 7) is 1.07. The Labute approximate surface area is 144 Å². The largest absolute Gasteiger partial charge is 0.487 e. The van der Waals surface area contributed by atoms with Crippen LogP contribution in [0.3, 0.4) is 0 Å². The van der Waals surface area contributed by atoms with E-state index >= 15 is 0 Å². The summed E-state index contributed by atoms with van der Waals surface area (Å²) in [5.74, 6) is 0.571. The highest BCUT2D eigenvalue weighted by molar-refractivity contribution is 5.92. The first-order valence-corrected chi connectivity index (χ1v) is 8.49. The Hall–Kier alpha value is -2.54. The van der Waals surface area contributed by atoms with Crippen molar-refractivity contribution in [1.82, 2.24) is 14.5 Å². The fraction of sp³-hybridized carbons (Fsp3) is 0.444. The van der Waals surface area contributed by atoms with Gasteiger partial charge in [0.05, 0.1) is 6.10 Å². The molecule has 1 atom stereocenters. The summed E-state index contributed by atoms with van der Waals surface area (Å²) in [6, 6.07) is 7.56. The molecule has 7 heteroatoms. The summed E-state index contributed by atoms with van der Waals surface area (Å²) in [5.41, 5.74) is 0.450. The Kier molecular flexibility index (Phi) is 3.68. The van der Waals surface area contributed by atoms with Gasteiger partial charge in [-0.2, -0.15) is 0 Å². The minimum absolute atomic E-state index is 0.160. The Morgan fingerprint density at radius 3 is 2.72 bits per heavy atom. The minimum atomic E-state index is -0.544. The van der Waals surface area contributed by atoms with Crippen molar-refractivity contribution in [1.29, 1.82) is 0 Å². The lowest BCUT2D eigenvalue weighted by molar-refractivity contribution is -0.0496. The van der Waals surface area contributed by atoms with E-state index in [2.05, 4.69) is 4.98 Å². The van der Waals surface area contributed by atoms with Crippen LogP contribution in [-0.4, -0.2) is 44.2 Å². The quantitative estimate of drug-likeness (QED) is 0.815. The minimum Gasteiger partial charge on any atom is -0.487 e. The molecule has 0 bridgehead atoms. The summed E-state index contributed by atoms with van der Waals surface area (Å²) >= 11 is 0. The van der Waals surface area contributed by atoms with Crippen LogP contribution >= 0.6 is 0 Å². The van der Waals surface area contributed by atoms with Crippen LogP contribution in [0.5, 0.6) is 5.75 Å². The number of ether oxygens (including phenoxy) is 1. The van der Waals surface area contributed by atoms with Crippen LogP contribution < -0.4 is 10.4 Å². The van der Waals surface area contributed by atoms with E-state index in [1.54, 1.807) is 11.9 Å². The first-order valence-electron chi connectivity index (χ1n) is 8.49. The molecule has 1 spiro atoms. The summed E-state index contributed by atoms with van der Waals surface area (Å²) in [4.78, 5) is 28.4. The van der Waals surface area contributed by atoms with Gasteiger partial charge >= 0.3 is 5.69 Å². The number of H-pyrrole nitrogens is 1. The van der Waals surface area contributed by atoms with E-state index in [-0.39, 0.29) is 11.6 Å². The number of benzene rings is 1. The lowest BCUT2D eigenvalue weighted by Crippen LogP contribution is -2.52. The van der Waals surface area contributed by atoms with E-state index in [4.69, 9.17) is 4.74 Å². The van der Waals surface area contributed by atoms with Crippen LogP contribution in [0.15, 0.2) is 35.3 Å². The van der Waals surface area contributed by atoms with Gasteiger partial charge in [0.1, 0.15) is 17.0 Å². The van der Waals surface area contributed by atoms with Gasteiger partial charge in [-0.3, -0.25) is 9.36 Å². The Morgan fingerprint density at radius 2 is 2.04 bits per heavy atom. The topological polar surface area (TPSA) is 87.6 Å². The van der Waals surface area contributed by atoms with Crippen molar-refractivity contribution in [2.24, 2.45) is 7.05 Å². The lowest BCUT2D eigenvalue weighted by Gasteiger charge is -2.45. The number of aliphatic hydroxyl groups is 1. The molecule has 2 aliphatic rings. The average molecular weight is 343 g/mol. The zero-order chi connectivity index (χ0) is 17.6. The number of para-hydroxylation sites is 1. The summed E-state index contributed by atoms with van der Waals surface area (Å²) in [6.07, 6.45) is 2.75. The number of fused-ring (bicyclic) bond motifs is 1. The molecule has 1 fully saturated rings. The monoisotopic (exact) mass is 343 g/mol. The molecule has 1 amide bonds. The number of aromatic amines is 1. The van der Waals surface area contributed by atoms with Crippen molar-refractivity contribution in [2.75, 3.05) is 13.1 Å². The average Bonchev–Trinajstić information content (AvgIpc) is 2.94. The Bertz CT molecular complexity index is 861. The van der Waals surface area contributed by atoms with Crippen LogP contribution in [0.1, 0.15) is 41.4 Å². The van der Waals surface area contributed by atoms with E-state index < -0.39 is 11.7 Å². The molecule has 1 aromatic carbocycles. The lowest BCUT2D eigenvalue weighted by atomic mass is 9.81. The van der Waals surface area contributed by atoms with Gasteiger partial charge in [-0.15, -0.1) is 0 Å². The standard InChI is InChI=1S/C18H21N3O4/c1-20-13(11-19-17(20)24)16(23)21-8-6-18(7-9-21)10-14(22)12-4-2-3-5-15(12)25-18/h2-5,11,14,22H,6-10H2,1H3,(H,19,24). The third-order valence-corrected chi connectivity index (χ3v) is 5.35. The zero-order valence-corrected chi connectivity index (χ0v) is 14.1. The predicted molar refractivity (Wildman–Crippen MR) is 90.5 cm³/mol. The smallest absolute Gasteiger partial charge is 0.325 e. The maximum absolute atomic E-state index is 12.6. The van der Waals surface area contributed by atoms with Gasteiger partial charge in [0.2, 0.25) is 0 Å². The molecule has 25 heavy (non-hydrogen) atoms. The summed E-state index contributed by atoms with van der Waals surface area (Å²) in [7, 11) is 1.58. The first kappa shape index (κ1) is 16.0. The van der Waals surface area contributed by atoms with E-state index in [1.807, 2.05) is 24.3 Å². The third kappa shape index (κ3) is 2.64. The number of carbonyl (C=O) groups excluding carboxylic acids is 1.